The van der Waals surface area contributed by atoms with Crippen LogP contribution >= 0.6 is 0 Å². The molecule has 1 aromatic heterocycles. The third-order valence-electron chi connectivity index (χ3n) is 4.13. The third-order valence-corrected chi connectivity index (χ3v) is 4.13. The van der Waals surface area contributed by atoms with Crippen LogP contribution in [-0.2, 0) is 6.18 Å². The molecule has 0 N–H and O–H groups in total. The van der Waals surface area contributed by atoms with E-state index in [1.807, 2.05) is 9.80 Å². The van der Waals surface area contributed by atoms with Gasteiger partial charge in [-0.3, -0.25) is 0 Å². The number of hydrogen-bond donors (Lipinski definition) is 0. The Bertz CT molecular complexity index is 770. The van der Waals surface area contributed by atoms with Crippen LogP contribution in [0.4, 0.5) is 24.8 Å². The molecule has 5 nitrogen and oxygen atoms in total. The lowest BCUT2D eigenvalue weighted by Crippen LogP contribution is -2.31. The first-order valence-corrected chi connectivity index (χ1v) is 7.87. The number of halogens is 3. The fraction of sp³-hybridized carbons (Fsp3) is 0.353. The molecule has 1 fully saturated rings. The first-order valence-electron chi connectivity index (χ1n) is 7.87. The van der Waals surface area contributed by atoms with Crippen molar-refractivity contribution in [2.45, 2.75) is 12.6 Å². The van der Waals surface area contributed by atoms with Gasteiger partial charge < -0.3 is 9.80 Å². The van der Waals surface area contributed by atoms with E-state index in [4.69, 9.17) is 5.26 Å². The lowest BCUT2D eigenvalue weighted by Gasteiger charge is -2.24. The van der Waals surface area contributed by atoms with Crippen molar-refractivity contribution < 1.29 is 13.2 Å². The second-order valence-corrected chi connectivity index (χ2v) is 5.72. The second-order valence-electron chi connectivity index (χ2n) is 5.72. The number of hydrogen-bond acceptors (Lipinski definition) is 5. The average molecular weight is 347 g/mol. The Morgan fingerprint density at radius 1 is 1.00 bits per heavy atom. The summed E-state index contributed by atoms with van der Waals surface area (Å²) in [6.07, 6.45) is -0.432. The Morgan fingerprint density at radius 2 is 1.68 bits per heavy atom. The minimum Gasteiger partial charge on any atom is -0.370 e. The predicted molar refractivity (Wildman–Crippen MR) is 87.2 cm³/mol. The highest BCUT2D eigenvalue weighted by atomic mass is 19.4. The van der Waals surface area contributed by atoms with E-state index in [-0.39, 0.29) is 5.56 Å². The zero-order valence-electron chi connectivity index (χ0n) is 13.4. The molecule has 2 heterocycles. The summed E-state index contributed by atoms with van der Waals surface area (Å²) in [5.74, 6) is 0.625. The molecular weight excluding hydrogens is 331 g/mol. The number of aromatic nitrogens is 2. The van der Waals surface area contributed by atoms with Gasteiger partial charge in [0.2, 0.25) is 5.95 Å². The summed E-state index contributed by atoms with van der Waals surface area (Å²) in [7, 11) is 0. The number of nitriles is 1. The van der Waals surface area contributed by atoms with Crippen molar-refractivity contribution in [3.8, 4) is 6.07 Å². The monoisotopic (exact) mass is 347 g/mol. The third kappa shape index (κ3) is 3.82. The van der Waals surface area contributed by atoms with Crippen LogP contribution < -0.4 is 9.80 Å². The Morgan fingerprint density at radius 3 is 2.36 bits per heavy atom. The molecule has 0 aliphatic carbocycles. The van der Waals surface area contributed by atoms with Crippen LogP contribution in [0.15, 0.2) is 36.7 Å². The minimum atomic E-state index is -4.54. The van der Waals surface area contributed by atoms with Crippen LogP contribution in [0.2, 0.25) is 0 Å². The molecule has 1 saturated heterocycles. The van der Waals surface area contributed by atoms with Crippen LogP contribution in [0.25, 0.3) is 0 Å². The van der Waals surface area contributed by atoms with Crippen molar-refractivity contribution in [3.63, 3.8) is 0 Å². The normalized spacial score (nSPS) is 15.6. The molecule has 0 atom stereocenters. The topological polar surface area (TPSA) is 56.1 Å². The van der Waals surface area contributed by atoms with Gasteiger partial charge in [0.15, 0.2) is 0 Å². The maximum atomic E-state index is 13.2. The highest BCUT2D eigenvalue weighted by Gasteiger charge is 2.34. The van der Waals surface area contributed by atoms with Gasteiger partial charge in [0, 0.05) is 44.3 Å². The molecule has 2 aromatic rings. The van der Waals surface area contributed by atoms with Crippen LogP contribution in [-0.4, -0.2) is 36.1 Å². The van der Waals surface area contributed by atoms with Crippen molar-refractivity contribution >= 4 is 11.6 Å². The van der Waals surface area contributed by atoms with E-state index in [9.17, 15) is 13.2 Å². The van der Waals surface area contributed by atoms with Crippen molar-refractivity contribution in [2.75, 3.05) is 36.0 Å². The molecule has 0 unspecified atom stereocenters. The summed E-state index contributed by atoms with van der Waals surface area (Å²) in [4.78, 5) is 12.4. The molecule has 8 heteroatoms. The summed E-state index contributed by atoms with van der Waals surface area (Å²) < 4.78 is 39.5. The van der Waals surface area contributed by atoms with E-state index < -0.39 is 11.7 Å². The Labute approximate surface area is 143 Å². The minimum absolute atomic E-state index is 0.356. The highest BCUT2D eigenvalue weighted by Crippen LogP contribution is 2.34. The molecule has 3 rings (SSSR count). The van der Waals surface area contributed by atoms with E-state index in [1.54, 1.807) is 30.6 Å². The molecule has 1 aliphatic rings. The van der Waals surface area contributed by atoms with E-state index in [1.165, 1.54) is 6.07 Å². The molecule has 0 saturated carbocycles. The number of anilines is 2. The van der Waals surface area contributed by atoms with Gasteiger partial charge in [-0.25, -0.2) is 9.97 Å². The van der Waals surface area contributed by atoms with Gasteiger partial charge >= 0.3 is 6.18 Å². The summed E-state index contributed by atoms with van der Waals surface area (Å²) in [6, 6.07) is 7.22. The SMILES string of the molecule is N#Cc1ccc(N2CCCN(c3ncccn3)CC2)cc1C(F)(F)F. The van der Waals surface area contributed by atoms with Crippen molar-refractivity contribution in [3.05, 3.63) is 47.8 Å². The van der Waals surface area contributed by atoms with Gasteiger partial charge in [0.05, 0.1) is 17.2 Å². The molecule has 0 radical (unpaired) electrons. The first kappa shape index (κ1) is 17.0. The van der Waals surface area contributed by atoms with Gasteiger partial charge in [-0.05, 0) is 30.7 Å². The average Bonchev–Trinajstić information content (AvgIpc) is 2.87. The van der Waals surface area contributed by atoms with Gasteiger partial charge in [0.1, 0.15) is 0 Å². The standard InChI is InChI=1S/C17H16F3N5/c18-17(19,20)15-11-14(4-3-13(15)12-21)24-7-2-8-25(10-9-24)16-22-5-1-6-23-16/h1,3-6,11H,2,7-10H2. The van der Waals surface area contributed by atoms with Crippen LogP contribution in [0, 0.1) is 11.3 Å². The molecule has 0 amide bonds. The lowest BCUT2D eigenvalue weighted by molar-refractivity contribution is -0.137. The molecule has 0 spiro atoms. The van der Waals surface area contributed by atoms with Crippen LogP contribution in [0.5, 0.6) is 0 Å². The molecule has 0 bridgehead atoms. The zero-order chi connectivity index (χ0) is 17.9. The Hall–Kier alpha value is -2.82. The second kappa shape index (κ2) is 6.97. The Balaban J connectivity index is 1.80. The van der Waals surface area contributed by atoms with Crippen molar-refractivity contribution in [1.29, 1.82) is 5.26 Å². The van der Waals surface area contributed by atoms with E-state index >= 15 is 0 Å². The number of rotatable bonds is 2. The van der Waals surface area contributed by atoms with Gasteiger partial charge in [-0.1, -0.05) is 0 Å². The van der Waals surface area contributed by atoms with E-state index in [0.717, 1.165) is 19.0 Å². The van der Waals surface area contributed by atoms with Crippen molar-refractivity contribution in [1.82, 2.24) is 9.97 Å². The molecule has 1 aliphatic heterocycles. The molecule has 25 heavy (non-hydrogen) atoms. The first-order chi connectivity index (χ1) is 12.0. The van der Waals surface area contributed by atoms with Crippen LogP contribution in [0.1, 0.15) is 17.5 Å². The molecule has 130 valence electrons. The maximum absolute atomic E-state index is 13.2. The fourth-order valence-electron chi connectivity index (χ4n) is 2.89. The van der Waals surface area contributed by atoms with Crippen molar-refractivity contribution in [2.24, 2.45) is 0 Å². The smallest absolute Gasteiger partial charge is 0.370 e. The quantitative estimate of drug-likeness (QED) is 0.836. The number of nitrogens with zero attached hydrogens (tertiary/aromatic N) is 5. The summed E-state index contributed by atoms with van der Waals surface area (Å²) in [5.41, 5.74) is -0.771. The van der Waals surface area contributed by atoms with E-state index in [0.29, 0.717) is 31.3 Å². The number of benzene rings is 1. The fourth-order valence-corrected chi connectivity index (χ4v) is 2.89. The van der Waals surface area contributed by atoms with E-state index in [2.05, 4.69) is 9.97 Å². The lowest BCUT2D eigenvalue weighted by atomic mass is 10.1. The van der Waals surface area contributed by atoms with Gasteiger partial charge in [-0.2, -0.15) is 18.4 Å². The highest BCUT2D eigenvalue weighted by molar-refractivity contribution is 5.55. The summed E-state index contributed by atoms with van der Waals surface area (Å²) in [6.45, 7) is 2.54. The maximum Gasteiger partial charge on any atom is 0.417 e. The number of alkyl halides is 3. The zero-order valence-corrected chi connectivity index (χ0v) is 13.4. The van der Waals surface area contributed by atoms with Gasteiger partial charge in [-0.15, -0.1) is 0 Å². The predicted octanol–water partition coefficient (Wildman–Crippen LogP) is 3.08. The molecular formula is C17H16F3N5. The summed E-state index contributed by atoms with van der Waals surface area (Å²) >= 11 is 0. The Kier molecular flexibility index (Phi) is 4.74. The van der Waals surface area contributed by atoms with Gasteiger partial charge in [0.25, 0.3) is 0 Å². The molecule has 1 aromatic carbocycles. The largest absolute Gasteiger partial charge is 0.417 e. The summed E-state index contributed by atoms with van der Waals surface area (Å²) in [5, 5.41) is 8.90. The van der Waals surface area contributed by atoms with Crippen LogP contribution in [0.3, 0.4) is 0 Å².